The van der Waals surface area contributed by atoms with Gasteiger partial charge in [0, 0.05) is 10.4 Å². The zero-order valence-corrected chi connectivity index (χ0v) is 11.9. The van der Waals surface area contributed by atoms with E-state index in [2.05, 4.69) is 29.0 Å². The van der Waals surface area contributed by atoms with Gasteiger partial charge in [0.05, 0.1) is 5.52 Å². The van der Waals surface area contributed by atoms with Gasteiger partial charge in [-0.15, -0.1) is 11.3 Å². The molecule has 96 valence electrons. The highest BCUT2D eigenvalue weighted by molar-refractivity contribution is 7.19. The minimum absolute atomic E-state index is 0.0459. The van der Waals surface area contributed by atoms with Crippen molar-refractivity contribution >= 4 is 21.6 Å². The fraction of sp³-hybridized carbons (Fsp3) is 0.200. The van der Waals surface area contributed by atoms with Gasteiger partial charge in [0.1, 0.15) is 10.5 Å². The zero-order chi connectivity index (χ0) is 13.6. The van der Waals surface area contributed by atoms with Gasteiger partial charge in [-0.1, -0.05) is 24.3 Å². The van der Waals surface area contributed by atoms with E-state index < -0.39 is 0 Å². The lowest BCUT2D eigenvalue weighted by Crippen LogP contribution is -2.07. The molecule has 0 aliphatic rings. The summed E-state index contributed by atoms with van der Waals surface area (Å²) in [5.74, 6) is 0.658. The number of thiophene rings is 1. The predicted octanol–water partition coefficient (Wildman–Crippen LogP) is 3.58. The first-order valence-electron chi connectivity index (χ1n) is 6.14. The summed E-state index contributed by atoms with van der Waals surface area (Å²) in [4.78, 5) is 20.4. The molecule has 0 unspecified atom stereocenters. The largest absolute Gasteiger partial charge is 0.310 e. The van der Waals surface area contributed by atoms with Gasteiger partial charge in [0.2, 0.25) is 0 Å². The Morgan fingerprint density at radius 2 is 1.89 bits per heavy atom. The summed E-state index contributed by atoms with van der Waals surface area (Å²) in [6, 6.07) is 8.21. The molecule has 0 aliphatic heterocycles. The molecular weight excluding hydrogens is 256 g/mol. The second-order valence-electron chi connectivity index (χ2n) is 4.68. The summed E-state index contributed by atoms with van der Waals surface area (Å²) in [6.07, 6.45) is 0. The Morgan fingerprint density at radius 1 is 1.16 bits per heavy atom. The van der Waals surface area contributed by atoms with E-state index in [-0.39, 0.29) is 5.56 Å². The van der Waals surface area contributed by atoms with Crippen LogP contribution in [-0.2, 0) is 0 Å². The van der Waals surface area contributed by atoms with Crippen molar-refractivity contribution in [1.82, 2.24) is 9.97 Å². The Bertz CT molecular complexity index is 830. The minimum Gasteiger partial charge on any atom is -0.310 e. The average Bonchev–Trinajstić information content (AvgIpc) is 2.67. The van der Waals surface area contributed by atoms with Crippen LogP contribution in [0.1, 0.15) is 16.3 Å². The quantitative estimate of drug-likeness (QED) is 0.734. The second-order valence-corrected chi connectivity index (χ2v) is 5.90. The van der Waals surface area contributed by atoms with Gasteiger partial charge in [-0.05, 0) is 31.9 Å². The van der Waals surface area contributed by atoms with E-state index in [1.807, 2.05) is 26.0 Å². The normalized spacial score (nSPS) is 11.1. The summed E-state index contributed by atoms with van der Waals surface area (Å²) in [6.45, 7) is 5.94. The van der Waals surface area contributed by atoms with E-state index in [9.17, 15) is 4.79 Å². The van der Waals surface area contributed by atoms with E-state index in [0.29, 0.717) is 10.5 Å². The number of benzene rings is 1. The Kier molecular flexibility index (Phi) is 2.75. The third kappa shape index (κ3) is 1.88. The van der Waals surface area contributed by atoms with Crippen molar-refractivity contribution in [1.29, 1.82) is 0 Å². The third-order valence-corrected chi connectivity index (χ3v) is 4.35. The van der Waals surface area contributed by atoms with Crippen LogP contribution in [-0.4, -0.2) is 9.97 Å². The van der Waals surface area contributed by atoms with Gasteiger partial charge < -0.3 is 4.98 Å². The first-order chi connectivity index (χ1) is 9.08. The van der Waals surface area contributed by atoms with Gasteiger partial charge >= 0.3 is 0 Å². The maximum Gasteiger partial charge on any atom is 0.268 e. The Labute approximate surface area is 115 Å². The summed E-state index contributed by atoms with van der Waals surface area (Å²) in [5, 5.41) is 0. The molecule has 0 aliphatic carbocycles. The van der Waals surface area contributed by atoms with Crippen LogP contribution in [0.4, 0.5) is 0 Å². The Hall–Kier alpha value is -1.94. The van der Waals surface area contributed by atoms with Crippen molar-refractivity contribution in [3.8, 4) is 11.1 Å². The van der Waals surface area contributed by atoms with E-state index in [0.717, 1.165) is 21.5 Å². The molecule has 0 spiro atoms. The topological polar surface area (TPSA) is 45.8 Å². The van der Waals surface area contributed by atoms with Gasteiger partial charge in [0.15, 0.2) is 0 Å². The van der Waals surface area contributed by atoms with Crippen LogP contribution in [0.25, 0.3) is 21.3 Å². The van der Waals surface area contributed by atoms with Crippen molar-refractivity contribution in [2.24, 2.45) is 0 Å². The predicted molar refractivity (Wildman–Crippen MR) is 79.9 cm³/mol. The first-order valence-corrected chi connectivity index (χ1v) is 6.95. The number of aryl methyl sites for hydroxylation is 3. The van der Waals surface area contributed by atoms with Gasteiger partial charge in [-0.25, -0.2) is 4.98 Å². The standard InChI is InChI=1S/C15H14N2OS/c1-8-6-4-5-7-11(8)12-9(2)19-14-13(12)16-10(3)17-15(14)18/h4-7H,1-3H3,(H,16,17,18). The van der Waals surface area contributed by atoms with Crippen molar-refractivity contribution in [3.05, 3.63) is 50.9 Å². The van der Waals surface area contributed by atoms with Crippen LogP contribution in [0.3, 0.4) is 0 Å². The molecular formula is C15H14N2OS. The molecule has 4 heteroatoms. The zero-order valence-electron chi connectivity index (χ0n) is 11.1. The van der Waals surface area contributed by atoms with Gasteiger partial charge in [-0.3, -0.25) is 4.79 Å². The fourth-order valence-electron chi connectivity index (χ4n) is 2.38. The number of rotatable bonds is 1. The summed E-state index contributed by atoms with van der Waals surface area (Å²) in [5.41, 5.74) is 4.22. The molecule has 19 heavy (non-hydrogen) atoms. The molecule has 3 rings (SSSR count). The average molecular weight is 270 g/mol. The lowest BCUT2D eigenvalue weighted by Gasteiger charge is -2.05. The number of nitrogens with one attached hydrogen (secondary N) is 1. The van der Waals surface area contributed by atoms with E-state index in [1.54, 1.807) is 0 Å². The number of H-pyrrole nitrogens is 1. The van der Waals surface area contributed by atoms with Gasteiger partial charge in [0.25, 0.3) is 5.56 Å². The van der Waals surface area contributed by atoms with Crippen LogP contribution in [0, 0.1) is 20.8 Å². The van der Waals surface area contributed by atoms with Gasteiger partial charge in [-0.2, -0.15) is 0 Å². The van der Waals surface area contributed by atoms with E-state index in [1.165, 1.54) is 16.9 Å². The maximum absolute atomic E-state index is 12.0. The van der Waals surface area contributed by atoms with E-state index in [4.69, 9.17) is 0 Å². The van der Waals surface area contributed by atoms with Crippen molar-refractivity contribution in [2.45, 2.75) is 20.8 Å². The number of nitrogens with zero attached hydrogens (tertiary/aromatic N) is 1. The molecule has 0 atom stereocenters. The molecule has 3 aromatic rings. The molecule has 0 fully saturated rings. The van der Waals surface area contributed by atoms with Crippen LogP contribution in [0.2, 0.25) is 0 Å². The number of fused-ring (bicyclic) bond motifs is 1. The summed E-state index contributed by atoms with van der Waals surface area (Å²) in [7, 11) is 0. The van der Waals surface area contributed by atoms with Crippen LogP contribution >= 0.6 is 11.3 Å². The molecule has 0 amide bonds. The maximum atomic E-state index is 12.0. The third-order valence-electron chi connectivity index (χ3n) is 3.25. The monoisotopic (exact) mass is 270 g/mol. The van der Waals surface area contributed by atoms with Crippen LogP contribution in [0.5, 0.6) is 0 Å². The second kappa shape index (κ2) is 4.31. The molecule has 2 aromatic heterocycles. The molecule has 0 saturated heterocycles. The van der Waals surface area contributed by atoms with Crippen LogP contribution in [0.15, 0.2) is 29.1 Å². The fourth-order valence-corrected chi connectivity index (χ4v) is 3.38. The van der Waals surface area contributed by atoms with Crippen molar-refractivity contribution in [2.75, 3.05) is 0 Å². The molecule has 2 heterocycles. The lowest BCUT2D eigenvalue weighted by atomic mass is 10.0. The smallest absolute Gasteiger partial charge is 0.268 e. The molecule has 1 aromatic carbocycles. The molecule has 0 saturated carbocycles. The summed E-state index contributed by atoms with van der Waals surface area (Å²) < 4.78 is 0.710. The highest BCUT2D eigenvalue weighted by Crippen LogP contribution is 2.36. The highest BCUT2D eigenvalue weighted by Gasteiger charge is 2.16. The minimum atomic E-state index is -0.0459. The number of hydrogen-bond acceptors (Lipinski definition) is 3. The Morgan fingerprint density at radius 3 is 2.63 bits per heavy atom. The molecule has 0 bridgehead atoms. The lowest BCUT2D eigenvalue weighted by molar-refractivity contribution is 1.06. The molecule has 3 nitrogen and oxygen atoms in total. The van der Waals surface area contributed by atoms with Crippen molar-refractivity contribution < 1.29 is 0 Å². The van der Waals surface area contributed by atoms with E-state index >= 15 is 0 Å². The molecule has 1 N–H and O–H groups in total. The number of hydrogen-bond donors (Lipinski definition) is 1. The number of aromatic nitrogens is 2. The van der Waals surface area contributed by atoms with Crippen LogP contribution < -0.4 is 5.56 Å². The van der Waals surface area contributed by atoms with Crippen molar-refractivity contribution in [3.63, 3.8) is 0 Å². The molecule has 0 radical (unpaired) electrons. The SMILES string of the molecule is Cc1nc2c(-c3ccccc3C)c(C)sc2c(=O)[nH]1. The Balaban J connectivity index is 2.45. The number of aromatic amines is 1. The first kappa shape index (κ1) is 12.1. The highest BCUT2D eigenvalue weighted by atomic mass is 32.1. The summed E-state index contributed by atoms with van der Waals surface area (Å²) >= 11 is 1.51.